The van der Waals surface area contributed by atoms with Gasteiger partial charge in [0.25, 0.3) is 5.91 Å². The molecule has 0 bridgehead atoms. The second kappa shape index (κ2) is 6.61. The lowest BCUT2D eigenvalue weighted by Crippen LogP contribution is -2.30. The van der Waals surface area contributed by atoms with Crippen LogP contribution >= 0.6 is 0 Å². The normalized spacial score (nSPS) is 16.8. The van der Waals surface area contributed by atoms with Crippen molar-refractivity contribution in [2.75, 3.05) is 50.4 Å². The van der Waals surface area contributed by atoms with Crippen LogP contribution < -0.4 is 16.0 Å². The number of nitrogens with one attached hydrogen (secondary N) is 1. The van der Waals surface area contributed by atoms with Gasteiger partial charge < -0.3 is 20.9 Å². The highest BCUT2D eigenvalue weighted by Crippen LogP contribution is 2.25. The number of hydrogen-bond donors (Lipinski definition) is 2. The van der Waals surface area contributed by atoms with Crippen molar-refractivity contribution in [3.05, 3.63) is 23.8 Å². The van der Waals surface area contributed by atoms with Crippen LogP contribution in [-0.2, 0) is 0 Å². The van der Waals surface area contributed by atoms with Gasteiger partial charge in [-0.05, 0) is 45.1 Å². The lowest BCUT2D eigenvalue weighted by Gasteiger charge is -2.25. The van der Waals surface area contributed by atoms with Crippen molar-refractivity contribution in [3.8, 4) is 0 Å². The number of nitrogens with zero attached hydrogens (tertiary/aromatic N) is 2. The van der Waals surface area contributed by atoms with Crippen LogP contribution in [0.15, 0.2) is 18.2 Å². The Morgan fingerprint density at radius 2 is 2.10 bits per heavy atom. The lowest BCUT2D eigenvalue weighted by atomic mass is 10.1. The Morgan fingerprint density at radius 3 is 2.85 bits per heavy atom. The first-order valence-electron chi connectivity index (χ1n) is 7.23. The van der Waals surface area contributed by atoms with Crippen LogP contribution in [0.2, 0.25) is 0 Å². The van der Waals surface area contributed by atoms with E-state index in [0.717, 1.165) is 44.0 Å². The van der Waals surface area contributed by atoms with Gasteiger partial charge in [-0.2, -0.15) is 0 Å². The van der Waals surface area contributed by atoms with E-state index < -0.39 is 0 Å². The van der Waals surface area contributed by atoms with Gasteiger partial charge in [0.1, 0.15) is 0 Å². The quantitative estimate of drug-likeness (QED) is 0.813. The van der Waals surface area contributed by atoms with Crippen molar-refractivity contribution in [2.45, 2.75) is 13.3 Å². The predicted molar refractivity (Wildman–Crippen MR) is 83.2 cm³/mol. The van der Waals surface area contributed by atoms with Gasteiger partial charge in [0.2, 0.25) is 0 Å². The summed E-state index contributed by atoms with van der Waals surface area (Å²) in [6.45, 7) is 6.60. The van der Waals surface area contributed by atoms with Crippen LogP contribution in [0, 0.1) is 0 Å². The molecule has 1 aliphatic heterocycles. The summed E-state index contributed by atoms with van der Waals surface area (Å²) >= 11 is 0. The minimum atomic E-state index is -0.0410. The molecule has 0 spiro atoms. The zero-order chi connectivity index (χ0) is 14.5. The molecule has 1 heterocycles. The minimum Gasteiger partial charge on any atom is -0.397 e. The minimum absolute atomic E-state index is 0.0410. The molecule has 1 fully saturated rings. The van der Waals surface area contributed by atoms with E-state index >= 15 is 0 Å². The Labute approximate surface area is 120 Å². The lowest BCUT2D eigenvalue weighted by molar-refractivity contribution is 0.0956. The molecular formula is C15H24N4O. The number of carbonyl (C=O) groups excluding carboxylic acids is 1. The van der Waals surface area contributed by atoms with Crippen molar-refractivity contribution in [1.29, 1.82) is 0 Å². The topological polar surface area (TPSA) is 61.6 Å². The number of nitrogen functional groups attached to an aromatic ring is 1. The highest BCUT2D eigenvalue weighted by molar-refractivity contribution is 5.96. The molecule has 5 heteroatoms. The first kappa shape index (κ1) is 14.7. The highest BCUT2D eigenvalue weighted by Gasteiger charge is 2.16. The summed E-state index contributed by atoms with van der Waals surface area (Å²) in [7, 11) is 2.14. The van der Waals surface area contributed by atoms with Crippen LogP contribution in [0.25, 0.3) is 0 Å². The smallest absolute Gasteiger partial charge is 0.251 e. The molecule has 1 saturated heterocycles. The van der Waals surface area contributed by atoms with Gasteiger partial charge in [-0.25, -0.2) is 0 Å². The van der Waals surface area contributed by atoms with E-state index in [9.17, 15) is 4.79 Å². The summed E-state index contributed by atoms with van der Waals surface area (Å²) < 4.78 is 0. The molecule has 110 valence electrons. The third-order valence-corrected chi connectivity index (χ3v) is 3.69. The van der Waals surface area contributed by atoms with Crippen LogP contribution in [0.1, 0.15) is 23.7 Å². The van der Waals surface area contributed by atoms with E-state index in [2.05, 4.69) is 22.2 Å². The van der Waals surface area contributed by atoms with Gasteiger partial charge in [0, 0.05) is 31.7 Å². The molecule has 0 unspecified atom stereocenters. The Balaban J connectivity index is 2.21. The van der Waals surface area contributed by atoms with E-state index in [1.807, 2.05) is 19.1 Å². The number of likely N-dealkylation sites (N-methyl/N-ethyl adjacent to an activating group) is 1. The second-order valence-electron chi connectivity index (χ2n) is 5.28. The average molecular weight is 276 g/mol. The molecule has 0 aromatic heterocycles. The molecule has 0 aliphatic carbocycles. The summed E-state index contributed by atoms with van der Waals surface area (Å²) in [4.78, 5) is 16.5. The maximum atomic E-state index is 11.9. The number of rotatable bonds is 3. The van der Waals surface area contributed by atoms with Crippen molar-refractivity contribution in [3.63, 3.8) is 0 Å². The maximum absolute atomic E-state index is 11.9. The second-order valence-corrected chi connectivity index (χ2v) is 5.28. The van der Waals surface area contributed by atoms with E-state index in [4.69, 9.17) is 5.73 Å². The fourth-order valence-corrected chi connectivity index (χ4v) is 2.51. The number of benzene rings is 1. The van der Waals surface area contributed by atoms with Gasteiger partial charge >= 0.3 is 0 Å². The van der Waals surface area contributed by atoms with E-state index in [-0.39, 0.29) is 5.91 Å². The number of amides is 1. The molecule has 0 saturated carbocycles. The maximum Gasteiger partial charge on any atom is 0.251 e. The highest BCUT2D eigenvalue weighted by atomic mass is 16.1. The molecule has 5 nitrogen and oxygen atoms in total. The van der Waals surface area contributed by atoms with Crippen LogP contribution in [0.3, 0.4) is 0 Å². The zero-order valence-corrected chi connectivity index (χ0v) is 12.4. The van der Waals surface area contributed by atoms with Gasteiger partial charge in [0.15, 0.2) is 0 Å². The molecular weight excluding hydrogens is 252 g/mol. The van der Waals surface area contributed by atoms with Crippen molar-refractivity contribution in [2.24, 2.45) is 0 Å². The number of carbonyl (C=O) groups is 1. The Bertz CT molecular complexity index is 475. The zero-order valence-electron chi connectivity index (χ0n) is 12.4. The number of hydrogen-bond acceptors (Lipinski definition) is 4. The standard InChI is InChI=1S/C15H24N4O/c1-3-17-15(20)12-5-6-13(16)14(11-12)19-8-4-7-18(2)9-10-19/h5-6,11H,3-4,7-10,16H2,1-2H3,(H,17,20). The first-order chi connectivity index (χ1) is 9.61. The van der Waals surface area contributed by atoms with Gasteiger partial charge in [-0.15, -0.1) is 0 Å². The van der Waals surface area contributed by atoms with E-state index in [0.29, 0.717) is 12.1 Å². The summed E-state index contributed by atoms with van der Waals surface area (Å²) in [5.41, 5.74) is 8.48. The Kier molecular flexibility index (Phi) is 4.84. The van der Waals surface area contributed by atoms with Crippen molar-refractivity contribution >= 4 is 17.3 Å². The van der Waals surface area contributed by atoms with Gasteiger partial charge in [0.05, 0.1) is 11.4 Å². The fourth-order valence-electron chi connectivity index (χ4n) is 2.51. The molecule has 1 aromatic carbocycles. The molecule has 1 amide bonds. The molecule has 0 atom stereocenters. The van der Waals surface area contributed by atoms with Crippen LogP contribution in [-0.4, -0.2) is 50.6 Å². The predicted octanol–water partition coefficient (Wildman–Crippen LogP) is 1.16. The Morgan fingerprint density at radius 1 is 1.30 bits per heavy atom. The van der Waals surface area contributed by atoms with Crippen LogP contribution in [0.5, 0.6) is 0 Å². The van der Waals surface area contributed by atoms with Crippen LogP contribution in [0.4, 0.5) is 11.4 Å². The van der Waals surface area contributed by atoms with Crippen molar-refractivity contribution in [1.82, 2.24) is 10.2 Å². The molecule has 0 radical (unpaired) electrons. The third kappa shape index (κ3) is 3.42. The largest absolute Gasteiger partial charge is 0.397 e. The summed E-state index contributed by atoms with van der Waals surface area (Å²) in [5.74, 6) is -0.0410. The van der Waals surface area contributed by atoms with Gasteiger partial charge in [-0.3, -0.25) is 4.79 Å². The molecule has 2 rings (SSSR count). The molecule has 3 N–H and O–H groups in total. The number of anilines is 2. The third-order valence-electron chi connectivity index (χ3n) is 3.69. The molecule has 20 heavy (non-hydrogen) atoms. The van der Waals surface area contributed by atoms with Crippen molar-refractivity contribution < 1.29 is 4.79 Å². The monoisotopic (exact) mass is 276 g/mol. The van der Waals surface area contributed by atoms with E-state index in [1.165, 1.54) is 0 Å². The average Bonchev–Trinajstić information content (AvgIpc) is 2.64. The summed E-state index contributed by atoms with van der Waals surface area (Å²) in [6, 6.07) is 5.52. The Hall–Kier alpha value is -1.75. The summed E-state index contributed by atoms with van der Waals surface area (Å²) in [5, 5.41) is 2.82. The fraction of sp³-hybridized carbons (Fsp3) is 0.533. The SMILES string of the molecule is CCNC(=O)c1ccc(N)c(N2CCCN(C)CC2)c1. The number of nitrogens with two attached hydrogens (primary N) is 1. The molecule has 1 aromatic rings. The molecule has 1 aliphatic rings. The summed E-state index contributed by atoms with van der Waals surface area (Å²) in [6.07, 6.45) is 1.11. The van der Waals surface area contributed by atoms with Gasteiger partial charge in [-0.1, -0.05) is 0 Å². The first-order valence-corrected chi connectivity index (χ1v) is 7.23. The van der Waals surface area contributed by atoms with E-state index in [1.54, 1.807) is 6.07 Å².